The van der Waals surface area contributed by atoms with Crippen LogP contribution in [0.25, 0.3) is 0 Å². The van der Waals surface area contributed by atoms with Gasteiger partial charge in [0.1, 0.15) is 0 Å². The first-order valence-corrected chi connectivity index (χ1v) is 13.6. The second-order valence-electron chi connectivity index (χ2n) is 8.50. The molecule has 0 aliphatic rings. The third-order valence-corrected chi connectivity index (χ3v) is 6.36. The minimum Gasteiger partial charge on any atom is -0.748 e. The molecule has 4 nitrogen and oxygen atoms in total. The van der Waals surface area contributed by atoms with Crippen LogP contribution in [0, 0.1) is 0 Å². The largest absolute Gasteiger partial charge is 1.00 e. The fourth-order valence-electron chi connectivity index (χ4n) is 3.73. The summed E-state index contributed by atoms with van der Waals surface area (Å²) < 4.78 is 31.5. The maximum atomic E-state index is 10.5. The van der Waals surface area contributed by atoms with Crippen molar-refractivity contribution in [1.82, 2.24) is 0 Å². The van der Waals surface area contributed by atoms with E-state index in [1.165, 1.54) is 96.3 Å². The van der Waals surface area contributed by atoms with Gasteiger partial charge in [-0.1, -0.05) is 110 Å². The van der Waals surface area contributed by atoms with Crippen LogP contribution in [0.2, 0.25) is 0 Å². The summed E-state index contributed by atoms with van der Waals surface area (Å²) in [6, 6.07) is 0. The number of rotatable bonds is 22. The van der Waals surface area contributed by atoms with Gasteiger partial charge in [0.05, 0.1) is 16.2 Å². The number of aliphatic hydroxyl groups excluding tert-OH is 1. The van der Waals surface area contributed by atoms with Crippen molar-refractivity contribution in [1.29, 1.82) is 0 Å². The molecule has 0 aromatic rings. The third kappa shape index (κ3) is 28.9. The molecular weight excluding hydrogens is 395 g/mol. The zero-order valence-corrected chi connectivity index (χ0v) is 22.3. The zero-order valence-electron chi connectivity index (χ0n) is 19.5. The van der Waals surface area contributed by atoms with Crippen LogP contribution in [0.4, 0.5) is 0 Å². The van der Waals surface area contributed by atoms with E-state index in [4.69, 9.17) is 0 Å². The van der Waals surface area contributed by atoms with Crippen LogP contribution >= 0.6 is 0 Å². The Hall–Kier alpha value is 0.870. The van der Waals surface area contributed by atoms with E-state index in [0.717, 1.165) is 12.8 Å². The van der Waals surface area contributed by atoms with Gasteiger partial charge in [0.15, 0.2) is 0 Å². The summed E-state index contributed by atoms with van der Waals surface area (Å²) in [5.41, 5.74) is 0. The van der Waals surface area contributed by atoms with Gasteiger partial charge in [-0.3, -0.25) is 0 Å². The minimum absolute atomic E-state index is 0. The average molecular weight is 443 g/mol. The van der Waals surface area contributed by atoms with Gasteiger partial charge in [0.25, 0.3) is 0 Å². The molecule has 0 amide bonds. The van der Waals surface area contributed by atoms with Crippen LogP contribution in [-0.4, -0.2) is 29.9 Å². The minimum atomic E-state index is -4.10. The van der Waals surface area contributed by atoms with Crippen molar-refractivity contribution in [3.8, 4) is 0 Å². The molecule has 0 bridgehead atoms. The first-order valence-electron chi connectivity index (χ1n) is 12.1. The Bertz CT molecular complexity index is 415. The monoisotopic (exact) mass is 442 g/mol. The molecular formula is C23H47NaO4S. The second kappa shape index (κ2) is 23.5. The van der Waals surface area contributed by atoms with E-state index in [9.17, 15) is 18.1 Å². The predicted molar refractivity (Wildman–Crippen MR) is 119 cm³/mol. The zero-order chi connectivity index (χ0) is 20.9. The molecule has 0 heterocycles. The molecule has 0 fully saturated rings. The smallest absolute Gasteiger partial charge is 0.748 e. The van der Waals surface area contributed by atoms with Gasteiger partial charge < -0.3 is 9.66 Å². The second-order valence-corrected chi connectivity index (χ2v) is 10.0. The first kappa shape index (κ1) is 32.1. The molecule has 0 aromatic heterocycles. The Balaban J connectivity index is 0. The van der Waals surface area contributed by atoms with Crippen molar-refractivity contribution in [2.75, 3.05) is 5.75 Å². The Kier molecular flexibility index (Phi) is 26.0. The summed E-state index contributed by atoms with van der Waals surface area (Å²) in [6.45, 7) is 2.27. The van der Waals surface area contributed by atoms with Gasteiger partial charge >= 0.3 is 29.6 Å². The van der Waals surface area contributed by atoms with Crippen molar-refractivity contribution in [2.45, 2.75) is 141 Å². The summed E-state index contributed by atoms with van der Waals surface area (Å²) in [7, 11) is -4.10. The summed E-state index contributed by atoms with van der Waals surface area (Å²) >= 11 is 0. The van der Waals surface area contributed by atoms with Crippen LogP contribution in [-0.2, 0) is 10.1 Å². The summed E-state index contributed by atoms with van der Waals surface area (Å²) in [5.74, 6) is -0.307. The van der Waals surface area contributed by atoms with Crippen LogP contribution in [0.15, 0.2) is 0 Å². The average Bonchev–Trinajstić information content (AvgIpc) is 2.64. The van der Waals surface area contributed by atoms with Crippen molar-refractivity contribution in [3.05, 3.63) is 0 Å². The Morgan fingerprint density at radius 2 is 0.931 bits per heavy atom. The van der Waals surface area contributed by atoms with Gasteiger partial charge in [0.2, 0.25) is 0 Å². The van der Waals surface area contributed by atoms with Gasteiger partial charge in [-0.25, -0.2) is 8.42 Å². The molecule has 0 saturated heterocycles. The molecule has 1 N–H and O–H groups in total. The van der Waals surface area contributed by atoms with Crippen LogP contribution in [0.5, 0.6) is 0 Å². The van der Waals surface area contributed by atoms with E-state index in [0.29, 0.717) is 19.3 Å². The normalized spacial score (nSPS) is 12.7. The van der Waals surface area contributed by atoms with E-state index in [-0.39, 0.29) is 41.4 Å². The molecule has 0 saturated carbocycles. The van der Waals surface area contributed by atoms with E-state index in [1.54, 1.807) is 0 Å². The van der Waals surface area contributed by atoms with E-state index < -0.39 is 10.1 Å². The molecule has 0 aliphatic carbocycles. The molecule has 1 atom stereocenters. The van der Waals surface area contributed by atoms with E-state index in [2.05, 4.69) is 6.92 Å². The fraction of sp³-hybridized carbons (Fsp3) is 1.00. The number of aliphatic hydroxyl groups is 1. The van der Waals surface area contributed by atoms with Crippen LogP contribution in [0.1, 0.15) is 135 Å². The molecule has 0 spiro atoms. The van der Waals surface area contributed by atoms with Crippen LogP contribution in [0.3, 0.4) is 0 Å². The predicted octanol–water partition coefficient (Wildman–Crippen LogP) is 3.72. The van der Waals surface area contributed by atoms with Gasteiger partial charge in [-0.05, 0) is 25.7 Å². The molecule has 6 heteroatoms. The Morgan fingerprint density at radius 3 is 1.28 bits per heavy atom. The first-order chi connectivity index (χ1) is 13.5. The van der Waals surface area contributed by atoms with Crippen molar-refractivity contribution in [3.63, 3.8) is 0 Å². The molecule has 29 heavy (non-hydrogen) atoms. The summed E-state index contributed by atoms with van der Waals surface area (Å²) in [6.07, 6.45) is 23.5. The maximum absolute atomic E-state index is 10.5. The van der Waals surface area contributed by atoms with Crippen LogP contribution < -0.4 is 29.6 Å². The maximum Gasteiger partial charge on any atom is 1.00 e. The topological polar surface area (TPSA) is 77.4 Å². The molecule has 170 valence electrons. The van der Waals surface area contributed by atoms with Crippen molar-refractivity contribution in [2.24, 2.45) is 0 Å². The molecule has 0 aliphatic heterocycles. The van der Waals surface area contributed by atoms with Crippen molar-refractivity contribution >= 4 is 10.1 Å². The summed E-state index contributed by atoms with van der Waals surface area (Å²) in [4.78, 5) is 0. The summed E-state index contributed by atoms with van der Waals surface area (Å²) in [5, 5.41) is 9.87. The van der Waals surface area contributed by atoms with Gasteiger partial charge in [0, 0.05) is 5.75 Å². The van der Waals surface area contributed by atoms with E-state index in [1.807, 2.05) is 0 Å². The van der Waals surface area contributed by atoms with Gasteiger partial charge in [-0.2, -0.15) is 0 Å². The Labute approximate surface area is 204 Å². The molecule has 0 aromatic carbocycles. The number of hydrogen-bond donors (Lipinski definition) is 1. The molecule has 1 unspecified atom stereocenters. The number of hydrogen-bond acceptors (Lipinski definition) is 4. The standard InChI is InChI=1S/C23H48O4S.Na/c1-2-3-4-5-6-7-8-9-10-11-12-13-14-15-16-17-20-23(24)21-18-19-22-28(25,26)27;/h23-24H,2-22H2,1H3,(H,25,26,27);/q;+1/p-1. The van der Waals surface area contributed by atoms with Gasteiger partial charge in [-0.15, -0.1) is 0 Å². The molecule has 0 rings (SSSR count). The Morgan fingerprint density at radius 1 is 0.621 bits per heavy atom. The van der Waals surface area contributed by atoms with E-state index >= 15 is 0 Å². The SMILES string of the molecule is CCCCCCCCCCCCCCCCCCC(O)CCCCS(=O)(=O)[O-].[Na+]. The number of unbranched alkanes of at least 4 members (excludes halogenated alkanes) is 16. The third-order valence-electron chi connectivity index (χ3n) is 5.57. The molecule has 0 radical (unpaired) electrons. The van der Waals surface area contributed by atoms with Crippen molar-refractivity contribution < 1.29 is 47.6 Å². The fourth-order valence-corrected chi connectivity index (χ4v) is 4.29. The quantitative estimate of drug-likeness (QED) is 0.157.